The third kappa shape index (κ3) is 5.50. The van der Waals surface area contributed by atoms with Crippen LogP contribution in [0.25, 0.3) is 6.08 Å². The summed E-state index contributed by atoms with van der Waals surface area (Å²) in [6.07, 6.45) is 4.81. The van der Waals surface area contributed by atoms with Gasteiger partial charge in [-0.05, 0) is 43.9 Å². The van der Waals surface area contributed by atoms with Crippen LogP contribution in [-0.2, 0) is 4.79 Å². The lowest BCUT2D eigenvalue weighted by Crippen LogP contribution is -2.09. The Morgan fingerprint density at radius 1 is 1.38 bits per heavy atom. The zero-order chi connectivity index (χ0) is 15.8. The normalized spacial score (nSPS) is 12.4. The van der Waals surface area contributed by atoms with Crippen molar-refractivity contribution in [2.45, 2.75) is 33.6 Å². The molecule has 0 aliphatic rings. The Morgan fingerprint density at radius 3 is 2.67 bits per heavy atom. The van der Waals surface area contributed by atoms with E-state index in [0.717, 1.165) is 22.6 Å². The molecular weight excluding hydrogens is 268 g/mol. The molecule has 0 spiro atoms. The molecule has 4 nitrogen and oxygen atoms in total. The van der Waals surface area contributed by atoms with Crippen molar-refractivity contribution in [2.24, 2.45) is 5.92 Å². The highest BCUT2D eigenvalue weighted by Gasteiger charge is 2.10. The zero-order valence-electron chi connectivity index (χ0n) is 13.2. The Balaban J connectivity index is 2.73. The van der Waals surface area contributed by atoms with Gasteiger partial charge >= 0.3 is 5.97 Å². The van der Waals surface area contributed by atoms with Crippen LogP contribution in [0.4, 0.5) is 0 Å². The molecule has 0 saturated heterocycles. The van der Waals surface area contributed by atoms with Gasteiger partial charge in [-0.1, -0.05) is 19.1 Å². The smallest absolute Gasteiger partial charge is 0.303 e. The molecule has 116 valence electrons. The standard InChI is InChI=1S/C17H24O4/c1-5-6-14-11-15(20-4)13(3)10-16(14)21-8-7-12(2)9-17(18)19/h5-6,10-12H,7-9H2,1-4H3,(H,18,19)/b6-5+. The minimum atomic E-state index is -0.766. The van der Waals surface area contributed by atoms with Crippen molar-refractivity contribution in [3.05, 3.63) is 29.3 Å². The van der Waals surface area contributed by atoms with Crippen LogP contribution in [-0.4, -0.2) is 24.8 Å². The van der Waals surface area contributed by atoms with E-state index in [-0.39, 0.29) is 12.3 Å². The molecule has 1 N–H and O–H groups in total. The summed E-state index contributed by atoms with van der Waals surface area (Å²) >= 11 is 0. The molecule has 0 heterocycles. The Labute approximate surface area is 126 Å². The second kappa shape index (κ2) is 8.35. The van der Waals surface area contributed by atoms with Gasteiger partial charge in [0.15, 0.2) is 0 Å². The second-order valence-corrected chi connectivity index (χ2v) is 5.20. The van der Waals surface area contributed by atoms with Crippen LogP contribution in [0.1, 0.15) is 37.8 Å². The van der Waals surface area contributed by atoms with Crippen LogP contribution < -0.4 is 9.47 Å². The summed E-state index contributed by atoms with van der Waals surface area (Å²) < 4.78 is 11.1. The average Bonchev–Trinajstić information content (AvgIpc) is 2.40. The van der Waals surface area contributed by atoms with Crippen molar-refractivity contribution < 1.29 is 19.4 Å². The molecule has 0 bridgehead atoms. The third-order valence-corrected chi connectivity index (χ3v) is 3.26. The summed E-state index contributed by atoms with van der Waals surface area (Å²) in [5.41, 5.74) is 1.98. The number of carboxylic acids is 1. The van der Waals surface area contributed by atoms with E-state index in [1.165, 1.54) is 0 Å². The molecule has 0 aliphatic carbocycles. The number of carboxylic acid groups (broad SMARTS) is 1. The molecule has 0 fully saturated rings. The summed E-state index contributed by atoms with van der Waals surface area (Å²) in [7, 11) is 1.65. The first kappa shape index (κ1) is 17.1. The lowest BCUT2D eigenvalue weighted by molar-refractivity contribution is -0.138. The predicted octanol–water partition coefficient (Wildman–Crippen LogP) is 3.92. The highest BCUT2D eigenvalue weighted by atomic mass is 16.5. The summed E-state index contributed by atoms with van der Waals surface area (Å²) in [4.78, 5) is 10.6. The van der Waals surface area contributed by atoms with Crippen molar-refractivity contribution in [1.82, 2.24) is 0 Å². The molecule has 21 heavy (non-hydrogen) atoms. The third-order valence-electron chi connectivity index (χ3n) is 3.26. The maximum atomic E-state index is 10.6. The maximum absolute atomic E-state index is 10.6. The SMILES string of the molecule is C/C=C/c1cc(OC)c(C)cc1OCCC(C)CC(=O)O. The average molecular weight is 292 g/mol. The number of hydrogen-bond donors (Lipinski definition) is 1. The number of ether oxygens (including phenoxy) is 2. The fraction of sp³-hybridized carbons (Fsp3) is 0.471. The quantitative estimate of drug-likeness (QED) is 0.789. The zero-order valence-corrected chi connectivity index (χ0v) is 13.2. The van der Waals surface area contributed by atoms with Crippen molar-refractivity contribution in [3.8, 4) is 11.5 Å². The van der Waals surface area contributed by atoms with E-state index in [1.54, 1.807) is 7.11 Å². The molecule has 1 unspecified atom stereocenters. The first-order valence-electron chi connectivity index (χ1n) is 7.13. The van der Waals surface area contributed by atoms with Gasteiger partial charge in [0.1, 0.15) is 11.5 Å². The van der Waals surface area contributed by atoms with Gasteiger partial charge in [0.25, 0.3) is 0 Å². The molecule has 1 rings (SSSR count). The van der Waals surface area contributed by atoms with Gasteiger partial charge in [-0.2, -0.15) is 0 Å². The van der Waals surface area contributed by atoms with E-state index >= 15 is 0 Å². The molecule has 0 radical (unpaired) electrons. The van der Waals surface area contributed by atoms with Crippen LogP contribution >= 0.6 is 0 Å². The molecule has 0 amide bonds. The number of allylic oxidation sites excluding steroid dienone is 1. The number of carbonyl (C=O) groups is 1. The van der Waals surface area contributed by atoms with Gasteiger partial charge in [-0.15, -0.1) is 0 Å². The number of methoxy groups -OCH3 is 1. The Bertz CT molecular complexity index is 506. The summed E-state index contributed by atoms with van der Waals surface area (Å²) in [6, 6.07) is 3.90. The topological polar surface area (TPSA) is 55.8 Å². The molecule has 1 aromatic rings. The van der Waals surface area contributed by atoms with Gasteiger partial charge in [-0.3, -0.25) is 4.79 Å². The maximum Gasteiger partial charge on any atom is 0.303 e. The summed E-state index contributed by atoms with van der Waals surface area (Å²) in [5.74, 6) is 0.966. The highest BCUT2D eigenvalue weighted by Crippen LogP contribution is 2.29. The Hall–Kier alpha value is -1.97. The minimum absolute atomic E-state index is 0.104. The van der Waals surface area contributed by atoms with E-state index in [9.17, 15) is 4.79 Å². The van der Waals surface area contributed by atoms with E-state index in [1.807, 2.05) is 45.1 Å². The number of rotatable bonds is 8. The second-order valence-electron chi connectivity index (χ2n) is 5.20. The molecule has 1 aromatic carbocycles. The monoisotopic (exact) mass is 292 g/mol. The molecule has 1 atom stereocenters. The number of benzene rings is 1. The van der Waals surface area contributed by atoms with Crippen LogP contribution in [0.5, 0.6) is 11.5 Å². The molecule has 4 heteroatoms. The van der Waals surface area contributed by atoms with Crippen LogP contribution in [0.15, 0.2) is 18.2 Å². The van der Waals surface area contributed by atoms with E-state index in [0.29, 0.717) is 13.0 Å². The van der Waals surface area contributed by atoms with Crippen LogP contribution in [0.2, 0.25) is 0 Å². The fourth-order valence-electron chi connectivity index (χ4n) is 2.10. The van der Waals surface area contributed by atoms with Gasteiger partial charge in [0, 0.05) is 12.0 Å². The van der Waals surface area contributed by atoms with Crippen LogP contribution in [0, 0.1) is 12.8 Å². The van der Waals surface area contributed by atoms with Gasteiger partial charge in [0.2, 0.25) is 0 Å². The lowest BCUT2D eigenvalue weighted by atomic mass is 10.0. The minimum Gasteiger partial charge on any atom is -0.496 e. The first-order chi connectivity index (χ1) is 9.97. The molecule has 0 saturated carbocycles. The molecular formula is C17H24O4. The lowest BCUT2D eigenvalue weighted by Gasteiger charge is -2.14. The van der Waals surface area contributed by atoms with Gasteiger partial charge in [-0.25, -0.2) is 0 Å². The van der Waals surface area contributed by atoms with Crippen molar-refractivity contribution in [1.29, 1.82) is 0 Å². The first-order valence-corrected chi connectivity index (χ1v) is 7.13. The van der Waals surface area contributed by atoms with Crippen molar-refractivity contribution in [2.75, 3.05) is 13.7 Å². The highest BCUT2D eigenvalue weighted by molar-refractivity contribution is 5.66. The molecule has 0 aromatic heterocycles. The van der Waals surface area contributed by atoms with E-state index in [4.69, 9.17) is 14.6 Å². The number of hydrogen-bond acceptors (Lipinski definition) is 3. The largest absolute Gasteiger partial charge is 0.496 e. The number of aliphatic carboxylic acids is 1. The van der Waals surface area contributed by atoms with Crippen molar-refractivity contribution >= 4 is 12.0 Å². The van der Waals surface area contributed by atoms with E-state index in [2.05, 4.69) is 0 Å². The number of aryl methyl sites for hydroxylation is 1. The van der Waals surface area contributed by atoms with Crippen LogP contribution in [0.3, 0.4) is 0 Å². The Kier molecular flexibility index (Phi) is 6.79. The predicted molar refractivity (Wildman–Crippen MR) is 84.0 cm³/mol. The Morgan fingerprint density at radius 2 is 2.10 bits per heavy atom. The fourth-order valence-corrected chi connectivity index (χ4v) is 2.10. The van der Waals surface area contributed by atoms with Gasteiger partial charge in [0.05, 0.1) is 13.7 Å². The van der Waals surface area contributed by atoms with Crippen molar-refractivity contribution in [3.63, 3.8) is 0 Å². The summed E-state index contributed by atoms with van der Waals surface area (Å²) in [5, 5.41) is 8.74. The van der Waals surface area contributed by atoms with E-state index < -0.39 is 5.97 Å². The van der Waals surface area contributed by atoms with Gasteiger partial charge < -0.3 is 14.6 Å². The summed E-state index contributed by atoms with van der Waals surface area (Å²) in [6.45, 7) is 6.34. The molecule has 0 aliphatic heterocycles.